The van der Waals surface area contributed by atoms with Crippen LogP contribution in [-0.4, -0.2) is 12.7 Å². The Bertz CT molecular complexity index is 480. The molecule has 30 heavy (non-hydrogen) atoms. The molecular weight excluding hydrogens is 364 g/mol. The molecule has 1 nitrogen and oxygen atoms in total. The zero-order valence-electron chi connectivity index (χ0n) is 20.0. The van der Waals surface area contributed by atoms with E-state index in [2.05, 4.69) is 19.6 Å². The van der Waals surface area contributed by atoms with E-state index in [1.807, 2.05) is 0 Å². The molecule has 0 aliphatic heterocycles. The van der Waals surface area contributed by atoms with Gasteiger partial charge in [-0.3, -0.25) is 0 Å². The lowest BCUT2D eigenvalue weighted by Crippen LogP contribution is -2.32. The predicted octanol–water partition coefficient (Wildman–Crippen LogP) is 8.58. The van der Waals surface area contributed by atoms with Crippen molar-refractivity contribution < 1.29 is 4.74 Å². The average Bonchev–Trinajstić information content (AvgIpc) is 2.83. The van der Waals surface area contributed by atoms with Gasteiger partial charge in [0.05, 0.1) is 6.10 Å². The van der Waals surface area contributed by atoms with Gasteiger partial charge in [0.15, 0.2) is 0 Å². The first-order valence-corrected chi connectivity index (χ1v) is 14.0. The predicted molar refractivity (Wildman–Crippen MR) is 129 cm³/mol. The smallest absolute Gasteiger partial charge is 0.0575 e. The third kappa shape index (κ3) is 5.93. The molecule has 4 aliphatic rings. The molecular formula is C29H50O. The SMILES string of the molecule is C=CC1CCC(C2CCC(C3CCC(C4CCC(OCCC)CC4)CC3)CC2)CC1. The Morgan fingerprint density at radius 2 is 0.900 bits per heavy atom. The van der Waals surface area contributed by atoms with Crippen LogP contribution in [0.5, 0.6) is 0 Å². The quantitative estimate of drug-likeness (QED) is 0.379. The van der Waals surface area contributed by atoms with Crippen molar-refractivity contribution in [3.05, 3.63) is 12.7 Å². The van der Waals surface area contributed by atoms with E-state index in [4.69, 9.17) is 4.74 Å². The van der Waals surface area contributed by atoms with Crippen molar-refractivity contribution in [2.24, 2.45) is 41.4 Å². The van der Waals surface area contributed by atoms with E-state index < -0.39 is 0 Å². The van der Waals surface area contributed by atoms with Crippen LogP contribution in [0.2, 0.25) is 0 Å². The maximum atomic E-state index is 6.02. The van der Waals surface area contributed by atoms with Crippen molar-refractivity contribution in [1.29, 1.82) is 0 Å². The van der Waals surface area contributed by atoms with Gasteiger partial charge in [-0.05, 0) is 151 Å². The lowest BCUT2D eigenvalue weighted by Gasteiger charge is -2.43. The summed E-state index contributed by atoms with van der Waals surface area (Å²) in [6.45, 7) is 7.22. The van der Waals surface area contributed by atoms with Gasteiger partial charge in [-0.15, -0.1) is 6.58 Å². The van der Waals surface area contributed by atoms with Crippen molar-refractivity contribution in [2.75, 3.05) is 6.61 Å². The molecule has 0 saturated heterocycles. The minimum atomic E-state index is 0.583. The molecule has 0 bridgehead atoms. The molecule has 0 atom stereocenters. The number of ether oxygens (including phenoxy) is 1. The third-order valence-electron chi connectivity index (χ3n) is 10.1. The summed E-state index contributed by atoms with van der Waals surface area (Å²) in [6.07, 6.45) is 27.8. The molecule has 4 aliphatic carbocycles. The molecule has 172 valence electrons. The lowest BCUT2D eigenvalue weighted by atomic mass is 9.63. The Kier molecular flexibility index (Phi) is 8.79. The summed E-state index contributed by atoms with van der Waals surface area (Å²) < 4.78 is 6.02. The zero-order chi connectivity index (χ0) is 20.8. The first-order valence-electron chi connectivity index (χ1n) is 14.0. The second kappa shape index (κ2) is 11.5. The molecule has 0 amide bonds. The van der Waals surface area contributed by atoms with Crippen molar-refractivity contribution >= 4 is 0 Å². The summed E-state index contributed by atoms with van der Waals surface area (Å²) in [5, 5.41) is 0. The number of rotatable bonds is 7. The van der Waals surface area contributed by atoms with Crippen LogP contribution in [0.25, 0.3) is 0 Å². The average molecular weight is 415 g/mol. The van der Waals surface area contributed by atoms with Gasteiger partial charge in [0.2, 0.25) is 0 Å². The van der Waals surface area contributed by atoms with Crippen LogP contribution in [0.3, 0.4) is 0 Å². The minimum absolute atomic E-state index is 0.583. The van der Waals surface area contributed by atoms with Gasteiger partial charge in [-0.1, -0.05) is 13.0 Å². The van der Waals surface area contributed by atoms with E-state index in [-0.39, 0.29) is 0 Å². The van der Waals surface area contributed by atoms with Gasteiger partial charge in [0.1, 0.15) is 0 Å². The molecule has 0 aromatic heterocycles. The van der Waals surface area contributed by atoms with Gasteiger partial charge >= 0.3 is 0 Å². The molecule has 0 heterocycles. The summed E-state index contributed by atoms with van der Waals surface area (Å²) in [7, 11) is 0. The van der Waals surface area contributed by atoms with Crippen LogP contribution in [0, 0.1) is 41.4 Å². The van der Waals surface area contributed by atoms with Gasteiger partial charge in [-0.25, -0.2) is 0 Å². The highest BCUT2D eigenvalue weighted by Crippen LogP contribution is 2.48. The van der Waals surface area contributed by atoms with Gasteiger partial charge in [-0.2, -0.15) is 0 Å². The molecule has 1 heteroatoms. The molecule has 0 aromatic carbocycles. The Balaban J connectivity index is 1.13. The number of hydrogen-bond donors (Lipinski definition) is 0. The Labute approximate surface area is 187 Å². The van der Waals surface area contributed by atoms with Crippen LogP contribution in [0.4, 0.5) is 0 Å². The maximum absolute atomic E-state index is 6.02. The fourth-order valence-electron chi connectivity index (χ4n) is 8.04. The molecule has 4 rings (SSSR count). The van der Waals surface area contributed by atoms with Crippen molar-refractivity contribution in [2.45, 2.75) is 122 Å². The summed E-state index contributed by atoms with van der Waals surface area (Å²) in [5.41, 5.74) is 0. The van der Waals surface area contributed by atoms with E-state index in [0.717, 1.165) is 48.0 Å². The number of hydrogen-bond acceptors (Lipinski definition) is 1. The first-order chi connectivity index (χ1) is 14.8. The monoisotopic (exact) mass is 414 g/mol. The van der Waals surface area contributed by atoms with E-state index in [0.29, 0.717) is 6.10 Å². The second-order valence-electron chi connectivity index (χ2n) is 11.7. The summed E-state index contributed by atoms with van der Waals surface area (Å²) >= 11 is 0. The summed E-state index contributed by atoms with van der Waals surface area (Å²) in [6, 6.07) is 0. The topological polar surface area (TPSA) is 9.23 Å². The van der Waals surface area contributed by atoms with Crippen LogP contribution >= 0.6 is 0 Å². The van der Waals surface area contributed by atoms with Crippen molar-refractivity contribution in [3.8, 4) is 0 Å². The highest BCUT2D eigenvalue weighted by atomic mass is 16.5. The van der Waals surface area contributed by atoms with Crippen molar-refractivity contribution in [1.82, 2.24) is 0 Å². The van der Waals surface area contributed by atoms with Crippen molar-refractivity contribution in [3.63, 3.8) is 0 Å². The fourth-order valence-corrected chi connectivity index (χ4v) is 8.04. The summed E-state index contributed by atoms with van der Waals surface area (Å²) in [5.74, 6) is 7.15. The molecule has 0 unspecified atom stereocenters. The minimum Gasteiger partial charge on any atom is -0.378 e. The number of allylic oxidation sites excluding steroid dienone is 1. The lowest BCUT2D eigenvalue weighted by molar-refractivity contribution is 0.00542. The molecule has 0 aromatic rings. The van der Waals surface area contributed by atoms with Crippen LogP contribution in [-0.2, 0) is 4.74 Å². The molecule has 0 radical (unpaired) electrons. The molecule has 4 saturated carbocycles. The highest BCUT2D eigenvalue weighted by molar-refractivity contribution is 4.90. The molecule has 4 fully saturated rings. The maximum Gasteiger partial charge on any atom is 0.0575 e. The van der Waals surface area contributed by atoms with E-state index in [1.54, 1.807) is 51.4 Å². The summed E-state index contributed by atoms with van der Waals surface area (Å²) in [4.78, 5) is 0. The van der Waals surface area contributed by atoms with E-state index >= 15 is 0 Å². The van der Waals surface area contributed by atoms with E-state index in [9.17, 15) is 0 Å². The Morgan fingerprint density at radius 1 is 0.567 bits per heavy atom. The first kappa shape index (κ1) is 22.9. The highest BCUT2D eigenvalue weighted by Gasteiger charge is 2.36. The zero-order valence-corrected chi connectivity index (χ0v) is 20.0. The van der Waals surface area contributed by atoms with E-state index in [1.165, 1.54) is 57.8 Å². The Morgan fingerprint density at radius 3 is 1.23 bits per heavy atom. The largest absolute Gasteiger partial charge is 0.378 e. The standard InChI is InChI=1S/C29H50O/c1-3-21-30-29-19-17-28(18-20-29)27-15-13-26(14-16-27)25-11-9-24(10-12-25)23-7-5-22(4-2)6-8-23/h4,22-29H,2-3,5-21H2,1H3. The normalized spacial score (nSPS) is 43.2. The fraction of sp³-hybridized carbons (Fsp3) is 0.931. The third-order valence-corrected chi connectivity index (χ3v) is 10.1. The molecule has 0 N–H and O–H groups in total. The Hall–Kier alpha value is -0.300. The van der Waals surface area contributed by atoms with Gasteiger partial charge in [0.25, 0.3) is 0 Å². The van der Waals surface area contributed by atoms with Gasteiger partial charge < -0.3 is 4.74 Å². The van der Waals surface area contributed by atoms with Crippen LogP contribution < -0.4 is 0 Å². The van der Waals surface area contributed by atoms with Gasteiger partial charge in [0, 0.05) is 6.61 Å². The second-order valence-corrected chi connectivity index (χ2v) is 11.7. The van der Waals surface area contributed by atoms with Crippen LogP contribution in [0.1, 0.15) is 116 Å². The molecule has 0 spiro atoms. The van der Waals surface area contributed by atoms with Crippen LogP contribution in [0.15, 0.2) is 12.7 Å².